The highest BCUT2D eigenvalue weighted by molar-refractivity contribution is 5.92. The summed E-state index contributed by atoms with van der Waals surface area (Å²) in [5, 5.41) is 28.0. The molecule has 3 rings (SSSR count). The van der Waals surface area contributed by atoms with E-state index in [9.17, 15) is 15.0 Å². The normalized spacial score (nSPS) is 10.6. The third-order valence-electron chi connectivity index (χ3n) is 6.19. The third kappa shape index (κ3) is 9.53. The summed E-state index contributed by atoms with van der Waals surface area (Å²) in [5.41, 5.74) is 2.84. The molecule has 6 nitrogen and oxygen atoms in total. The summed E-state index contributed by atoms with van der Waals surface area (Å²) in [5.74, 6) is -0.00710. The number of benzene rings is 3. The van der Waals surface area contributed by atoms with Crippen LogP contribution in [-0.2, 0) is 4.74 Å². The Hall–Kier alpha value is -3.98. The van der Waals surface area contributed by atoms with E-state index in [4.69, 9.17) is 14.7 Å². The first kappa shape index (κ1) is 27.6. The lowest BCUT2D eigenvalue weighted by molar-refractivity contribution is 0.0494. The van der Waals surface area contributed by atoms with E-state index in [-0.39, 0.29) is 17.1 Å². The maximum absolute atomic E-state index is 12.0. The molecule has 0 aliphatic rings. The molecule has 0 radical (unpaired) electrons. The summed E-state index contributed by atoms with van der Waals surface area (Å²) in [4.78, 5) is 12.0. The van der Waals surface area contributed by atoms with Crippen LogP contribution < -0.4 is 4.74 Å². The van der Waals surface area contributed by atoms with Crippen molar-refractivity contribution in [3.05, 3.63) is 77.9 Å². The zero-order valence-electron chi connectivity index (χ0n) is 21.2. The summed E-state index contributed by atoms with van der Waals surface area (Å²) in [6.07, 6.45) is 9.87. The molecule has 3 aromatic carbocycles. The van der Waals surface area contributed by atoms with Crippen LogP contribution in [0.25, 0.3) is 11.1 Å². The molecule has 0 bridgehead atoms. The van der Waals surface area contributed by atoms with Crippen LogP contribution in [0.4, 0.5) is 0 Å². The average molecular weight is 502 g/mol. The molecule has 3 aromatic rings. The highest BCUT2D eigenvalue weighted by Crippen LogP contribution is 2.24. The number of hydrogen-bond acceptors (Lipinski definition) is 6. The molecule has 2 N–H and O–H groups in total. The fourth-order valence-corrected chi connectivity index (χ4v) is 4.04. The summed E-state index contributed by atoms with van der Waals surface area (Å²) in [6, 6.07) is 21.6. The minimum atomic E-state index is -0.613. The Bertz CT molecular complexity index is 1150. The maximum Gasteiger partial charge on any atom is 0.342 e. The molecule has 0 saturated carbocycles. The van der Waals surface area contributed by atoms with E-state index in [2.05, 4.69) is 6.07 Å². The van der Waals surface area contributed by atoms with Gasteiger partial charge < -0.3 is 19.7 Å². The van der Waals surface area contributed by atoms with Crippen LogP contribution in [0.1, 0.15) is 73.7 Å². The van der Waals surface area contributed by atoms with Gasteiger partial charge in [-0.15, -0.1) is 0 Å². The molecule has 0 spiro atoms. The number of carbonyl (C=O) groups excluding carboxylic acids is 1. The molecule has 0 heterocycles. The van der Waals surface area contributed by atoms with Gasteiger partial charge in [-0.2, -0.15) is 5.26 Å². The fourth-order valence-electron chi connectivity index (χ4n) is 4.04. The lowest BCUT2D eigenvalue weighted by Gasteiger charge is -2.08. The molecule has 0 atom stereocenters. The van der Waals surface area contributed by atoms with Gasteiger partial charge in [-0.1, -0.05) is 69.2 Å². The minimum absolute atomic E-state index is 0.0111. The van der Waals surface area contributed by atoms with E-state index in [1.165, 1.54) is 43.9 Å². The Kier molecular flexibility index (Phi) is 11.3. The predicted molar refractivity (Wildman–Crippen MR) is 144 cm³/mol. The zero-order chi connectivity index (χ0) is 26.3. The van der Waals surface area contributed by atoms with Crippen molar-refractivity contribution in [2.24, 2.45) is 0 Å². The number of hydrogen-bond donors (Lipinski definition) is 2. The number of ether oxygens (including phenoxy) is 2. The summed E-state index contributed by atoms with van der Waals surface area (Å²) in [7, 11) is 0. The van der Waals surface area contributed by atoms with Crippen LogP contribution >= 0.6 is 0 Å². The summed E-state index contributed by atoms with van der Waals surface area (Å²) < 4.78 is 11.0. The minimum Gasteiger partial charge on any atom is -0.508 e. The molecule has 0 aliphatic heterocycles. The van der Waals surface area contributed by atoms with Crippen molar-refractivity contribution >= 4 is 5.97 Å². The third-order valence-corrected chi connectivity index (χ3v) is 6.19. The van der Waals surface area contributed by atoms with Gasteiger partial charge in [0.25, 0.3) is 0 Å². The van der Waals surface area contributed by atoms with Crippen molar-refractivity contribution in [2.75, 3.05) is 13.2 Å². The molecule has 194 valence electrons. The first-order chi connectivity index (χ1) is 18.1. The van der Waals surface area contributed by atoms with Gasteiger partial charge in [-0.05, 0) is 66.4 Å². The number of aromatic hydroxyl groups is 2. The second-order valence-corrected chi connectivity index (χ2v) is 9.08. The van der Waals surface area contributed by atoms with Crippen LogP contribution in [0.2, 0.25) is 0 Å². The number of phenols is 2. The molecule has 0 fully saturated rings. The fraction of sp³-hybridized carbons (Fsp3) is 0.355. The van der Waals surface area contributed by atoms with Gasteiger partial charge in [-0.25, -0.2) is 4.79 Å². The lowest BCUT2D eigenvalue weighted by atomic mass is 10.0. The molecule has 0 aliphatic carbocycles. The number of rotatable bonds is 15. The van der Waals surface area contributed by atoms with Crippen molar-refractivity contribution in [3.8, 4) is 34.4 Å². The SMILES string of the molecule is N#Cc1ccc(-c2ccc(OCCCCCCCCCCCOC(=O)c3cc(O)ccc3O)cc2)cc1. The number of phenolic OH excluding ortho intramolecular Hbond substituents is 2. The van der Waals surface area contributed by atoms with Crippen molar-refractivity contribution < 1.29 is 24.5 Å². The zero-order valence-corrected chi connectivity index (χ0v) is 21.2. The van der Waals surface area contributed by atoms with Gasteiger partial charge in [0.1, 0.15) is 22.8 Å². The molecule has 0 unspecified atom stereocenters. The topological polar surface area (TPSA) is 99.8 Å². The maximum atomic E-state index is 12.0. The standard InChI is InChI=1S/C31H35NO5/c32-23-24-10-12-25(13-11-24)26-14-17-28(18-15-26)36-20-8-6-4-2-1-3-5-7-9-21-37-31(35)29-22-27(33)16-19-30(29)34/h10-19,22,33-34H,1-9,20-21H2. The van der Waals surface area contributed by atoms with Crippen molar-refractivity contribution in [3.63, 3.8) is 0 Å². The largest absolute Gasteiger partial charge is 0.508 e. The molecule has 37 heavy (non-hydrogen) atoms. The summed E-state index contributed by atoms with van der Waals surface area (Å²) in [6.45, 7) is 1.03. The molecule has 0 amide bonds. The average Bonchev–Trinajstić information content (AvgIpc) is 2.93. The molecule has 0 aromatic heterocycles. The Morgan fingerprint density at radius 1 is 0.703 bits per heavy atom. The highest BCUT2D eigenvalue weighted by atomic mass is 16.5. The van der Waals surface area contributed by atoms with Gasteiger partial charge in [0.15, 0.2) is 0 Å². The quantitative estimate of drug-likeness (QED) is 0.128. The Morgan fingerprint density at radius 2 is 1.24 bits per heavy atom. The van der Waals surface area contributed by atoms with Crippen LogP contribution in [0.3, 0.4) is 0 Å². The summed E-state index contributed by atoms with van der Waals surface area (Å²) >= 11 is 0. The van der Waals surface area contributed by atoms with Gasteiger partial charge in [0.05, 0.1) is 24.8 Å². The van der Waals surface area contributed by atoms with E-state index >= 15 is 0 Å². The second-order valence-electron chi connectivity index (χ2n) is 9.08. The molecule has 6 heteroatoms. The van der Waals surface area contributed by atoms with Crippen molar-refractivity contribution in [1.82, 2.24) is 0 Å². The monoisotopic (exact) mass is 501 g/mol. The van der Waals surface area contributed by atoms with Crippen molar-refractivity contribution in [1.29, 1.82) is 5.26 Å². The number of esters is 1. The number of nitrogens with zero attached hydrogens (tertiary/aromatic N) is 1. The van der Waals surface area contributed by atoms with E-state index in [0.29, 0.717) is 12.2 Å². The molecular formula is C31H35NO5. The van der Waals surface area contributed by atoms with Gasteiger partial charge >= 0.3 is 5.97 Å². The van der Waals surface area contributed by atoms with Crippen LogP contribution in [0.15, 0.2) is 66.7 Å². The highest BCUT2D eigenvalue weighted by Gasteiger charge is 2.13. The van der Waals surface area contributed by atoms with Crippen LogP contribution in [0.5, 0.6) is 17.2 Å². The van der Waals surface area contributed by atoms with E-state index in [1.807, 2.05) is 48.5 Å². The Labute approximate surface area is 219 Å². The number of carbonyl (C=O) groups is 1. The van der Waals surface area contributed by atoms with Crippen LogP contribution in [0, 0.1) is 11.3 Å². The number of unbranched alkanes of at least 4 members (excludes halogenated alkanes) is 8. The van der Waals surface area contributed by atoms with Gasteiger partial charge in [0, 0.05) is 0 Å². The van der Waals surface area contributed by atoms with Crippen molar-refractivity contribution in [2.45, 2.75) is 57.8 Å². The van der Waals surface area contributed by atoms with E-state index < -0.39 is 5.97 Å². The smallest absolute Gasteiger partial charge is 0.342 e. The van der Waals surface area contributed by atoms with Crippen LogP contribution in [-0.4, -0.2) is 29.4 Å². The predicted octanol–water partition coefficient (Wildman–Crippen LogP) is 7.38. The molecular weight excluding hydrogens is 466 g/mol. The Morgan fingerprint density at radius 3 is 1.84 bits per heavy atom. The first-order valence-electron chi connectivity index (χ1n) is 13.0. The van der Waals surface area contributed by atoms with E-state index in [1.54, 1.807) is 0 Å². The molecule has 0 saturated heterocycles. The van der Waals surface area contributed by atoms with E-state index in [0.717, 1.165) is 55.6 Å². The van der Waals surface area contributed by atoms with Gasteiger partial charge in [-0.3, -0.25) is 0 Å². The van der Waals surface area contributed by atoms with Gasteiger partial charge in [0.2, 0.25) is 0 Å². The number of nitriles is 1. The second kappa shape index (κ2) is 15.2. The first-order valence-corrected chi connectivity index (χ1v) is 13.0. The lowest BCUT2D eigenvalue weighted by Crippen LogP contribution is -2.06. The Balaban J connectivity index is 1.15.